The Morgan fingerprint density at radius 3 is 2.54 bits per heavy atom. The van der Waals surface area contributed by atoms with E-state index >= 15 is 0 Å². The topological polar surface area (TPSA) is 79.9 Å². The second-order valence-electron chi connectivity index (χ2n) is 8.64. The third kappa shape index (κ3) is 6.24. The van der Waals surface area contributed by atoms with Gasteiger partial charge >= 0.3 is 0 Å². The maximum Gasteiger partial charge on any atom is 0.258 e. The van der Waals surface area contributed by atoms with Gasteiger partial charge in [-0.1, -0.05) is 18.2 Å². The van der Waals surface area contributed by atoms with Crippen LogP contribution in [0.3, 0.4) is 0 Å². The van der Waals surface area contributed by atoms with E-state index < -0.39 is 18.9 Å². The van der Waals surface area contributed by atoms with Crippen LogP contribution >= 0.6 is 0 Å². The van der Waals surface area contributed by atoms with Gasteiger partial charge in [-0.15, -0.1) is 0 Å². The number of rotatable bonds is 9. The molecule has 7 nitrogen and oxygen atoms in total. The van der Waals surface area contributed by atoms with E-state index in [9.17, 15) is 18.4 Å². The number of nitrogens with zero attached hydrogens (tertiary/aromatic N) is 1. The SMILES string of the molecule is COc1ccc(C(=O)NCc2cccc(C(=O)N(CC(F)F)c3ccc4c(c3)CNCC4)c2)cc1OC. The van der Waals surface area contributed by atoms with Crippen molar-refractivity contribution in [2.24, 2.45) is 0 Å². The molecular formula is C28H29F2N3O4. The lowest BCUT2D eigenvalue weighted by Gasteiger charge is -2.25. The van der Waals surface area contributed by atoms with Crippen molar-refractivity contribution in [3.05, 3.63) is 88.5 Å². The van der Waals surface area contributed by atoms with Gasteiger partial charge in [-0.3, -0.25) is 9.59 Å². The molecule has 2 amide bonds. The van der Waals surface area contributed by atoms with E-state index in [0.717, 1.165) is 29.0 Å². The summed E-state index contributed by atoms with van der Waals surface area (Å²) >= 11 is 0. The first-order chi connectivity index (χ1) is 17.9. The minimum atomic E-state index is -2.69. The smallest absolute Gasteiger partial charge is 0.258 e. The average molecular weight is 510 g/mol. The zero-order chi connectivity index (χ0) is 26.4. The summed E-state index contributed by atoms with van der Waals surface area (Å²) in [6, 6.07) is 16.9. The highest BCUT2D eigenvalue weighted by molar-refractivity contribution is 6.06. The molecule has 0 saturated carbocycles. The summed E-state index contributed by atoms with van der Waals surface area (Å²) in [6.07, 6.45) is -1.84. The zero-order valence-electron chi connectivity index (χ0n) is 20.7. The Labute approximate surface area is 214 Å². The first-order valence-corrected chi connectivity index (χ1v) is 11.9. The first kappa shape index (κ1) is 26.1. The summed E-state index contributed by atoms with van der Waals surface area (Å²) in [5.41, 5.74) is 3.89. The molecule has 0 saturated heterocycles. The molecule has 194 valence electrons. The summed E-state index contributed by atoms with van der Waals surface area (Å²) in [5.74, 6) is 0.0744. The molecule has 0 aromatic heterocycles. The van der Waals surface area contributed by atoms with Crippen LogP contribution in [-0.4, -0.2) is 45.5 Å². The molecule has 0 atom stereocenters. The number of amides is 2. The Kier molecular flexibility index (Phi) is 8.35. The van der Waals surface area contributed by atoms with Crippen molar-refractivity contribution in [2.75, 3.05) is 32.2 Å². The van der Waals surface area contributed by atoms with E-state index in [1.54, 1.807) is 54.6 Å². The molecular weight excluding hydrogens is 480 g/mol. The van der Waals surface area contributed by atoms with Gasteiger partial charge in [0.05, 0.1) is 20.8 Å². The van der Waals surface area contributed by atoms with E-state index in [1.165, 1.54) is 14.2 Å². The van der Waals surface area contributed by atoms with Gasteiger partial charge in [0.1, 0.15) is 0 Å². The summed E-state index contributed by atoms with van der Waals surface area (Å²) in [4.78, 5) is 27.1. The molecule has 1 aliphatic heterocycles. The number of nitrogens with one attached hydrogen (secondary N) is 2. The molecule has 37 heavy (non-hydrogen) atoms. The lowest BCUT2D eigenvalue weighted by atomic mass is 10.00. The van der Waals surface area contributed by atoms with Crippen LogP contribution in [0.4, 0.5) is 14.5 Å². The van der Waals surface area contributed by atoms with E-state index in [-0.39, 0.29) is 18.0 Å². The number of benzene rings is 3. The number of methoxy groups -OCH3 is 2. The van der Waals surface area contributed by atoms with Crippen molar-refractivity contribution < 1.29 is 27.8 Å². The fourth-order valence-corrected chi connectivity index (χ4v) is 4.31. The Morgan fingerprint density at radius 1 is 0.973 bits per heavy atom. The summed E-state index contributed by atoms with van der Waals surface area (Å²) < 4.78 is 37.4. The van der Waals surface area contributed by atoms with Gasteiger partial charge in [-0.25, -0.2) is 8.78 Å². The highest BCUT2D eigenvalue weighted by Gasteiger charge is 2.23. The Balaban J connectivity index is 1.50. The van der Waals surface area contributed by atoms with Crippen LogP contribution in [0.15, 0.2) is 60.7 Å². The molecule has 3 aromatic carbocycles. The maximum atomic E-state index is 13.5. The lowest BCUT2D eigenvalue weighted by molar-refractivity contribution is 0.0943. The predicted molar refractivity (Wildman–Crippen MR) is 137 cm³/mol. The van der Waals surface area contributed by atoms with Gasteiger partial charge in [0.25, 0.3) is 18.2 Å². The Hall–Kier alpha value is -3.98. The molecule has 0 bridgehead atoms. The van der Waals surface area contributed by atoms with Crippen molar-refractivity contribution in [1.29, 1.82) is 0 Å². The van der Waals surface area contributed by atoms with Gasteiger partial charge in [0.2, 0.25) is 0 Å². The first-order valence-electron chi connectivity index (χ1n) is 11.9. The zero-order valence-corrected chi connectivity index (χ0v) is 20.7. The van der Waals surface area contributed by atoms with Crippen LogP contribution in [0.1, 0.15) is 37.4 Å². The molecule has 0 aliphatic carbocycles. The van der Waals surface area contributed by atoms with Crippen LogP contribution in [0.5, 0.6) is 11.5 Å². The van der Waals surface area contributed by atoms with Crippen molar-refractivity contribution in [3.8, 4) is 11.5 Å². The van der Waals surface area contributed by atoms with Crippen LogP contribution in [0, 0.1) is 0 Å². The number of halogens is 2. The second-order valence-corrected chi connectivity index (χ2v) is 8.64. The van der Waals surface area contributed by atoms with Crippen molar-refractivity contribution in [2.45, 2.75) is 25.9 Å². The Morgan fingerprint density at radius 2 is 1.78 bits per heavy atom. The highest BCUT2D eigenvalue weighted by atomic mass is 19.3. The lowest BCUT2D eigenvalue weighted by Crippen LogP contribution is -2.35. The van der Waals surface area contributed by atoms with E-state index in [2.05, 4.69) is 10.6 Å². The molecule has 3 aromatic rings. The van der Waals surface area contributed by atoms with Crippen molar-refractivity contribution in [1.82, 2.24) is 10.6 Å². The summed E-state index contributed by atoms with van der Waals surface area (Å²) in [5, 5.41) is 6.07. The number of carbonyl (C=O) groups is 2. The van der Waals surface area contributed by atoms with E-state index in [1.807, 2.05) is 6.07 Å². The number of carbonyl (C=O) groups excluding carboxylic acids is 2. The standard InChI is InChI=1S/C28H29F2N3O4/c1-36-24-9-7-20(14-25(24)37-2)27(34)32-15-18-4-3-5-21(12-18)28(35)33(17-26(29)30)23-8-6-19-10-11-31-16-22(19)13-23/h3-9,12-14,26,31H,10-11,15-17H2,1-2H3,(H,32,34). The Bertz CT molecular complexity index is 1280. The second kappa shape index (κ2) is 11.8. The molecule has 0 unspecified atom stereocenters. The third-order valence-electron chi connectivity index (χ3n) is 6.23. The van der Waals surface area contributed by atoms with Gasteiger partial charge < -0.3 is 25.0 Å². The van der Waals surface area contributed by atoms with Crippen LogP contribution in [-0.2, 0) is 19.5 Å². The largest absolute Gasteiger partial charge is 0.493 e. The van der Waals surface area contributed by atoms with Gasteiger partial charge in [-0.05, 0) is 72.1 Å². The highest BCUT2D eigenvalue weighted by Crippen LogP contribution is 2.28. The number of alkyl halides is 2. The molecule has 1 heterocycles. The number of fused-ring (bicyclic) bond motifs is 1. The maximum absolute atomic E-state index is 13.5. The monoisotopic (exact) mass is 509 g/mol. The average Bonchev–Trinajstić information content (AvgIpc) is 2.93. The minimum absolute atomic E-state index is 0.146. The molecule has 2 N–H and O–H groups in total. The van der Waals surface area contributed by atoms with Gasteiger partial charge in [-0.2, -0.15) is 0 Å². The molecule has 1 aliphatic rings. The van der Waals surface area contributed by atoms with Gasteiger partial charge in [0.15, 0.2) is 11.5 Å². The molecule has 9 heteroatoms. The van der Waals surface area contributed by atoms with E-state index in [4.69, 9.17) is 9.47 Å². The summed E-state index contributed by atoms with van der Waals surface area (Å²) in [7, 11) is 3.00. The minimum Gasteiger partial charge on any atom is -0.493 e. The number of hydrogen-bond donors (Lipinski definition) is 2. The van der Waals surface area contributed by atoms with Crippen molar-refractivity contribution >= 4 is 17.5 Å². The normalized spacial score (nSPS) is 12.6. The summed E-state index contributed by atoms with van der Waals surface area (Å²) in [6.45, 7) is 0.926. The quantitative estimate of drug-likeness (QED) is 0.452. The third-order valence-corrected chi connectivity index (χ3v) is 6.23. The van der Waals surface area contributed by atoms with Crippen LogP contribution in [0.2, 0.25) is 0 Å². The van der Waals surface area contributed by atoms with Crippen molar-refractivity contribution in [3.63, 3.8) is 0 Å². The fraction of sp³-hybridized carbons (Fsp3) is 0.286. The molecule has 0 radical (unpaired) electrons. The fourth-order valence-electron chi connectivity index (χ4n) is 4.31. The van der Waals surface area contributed by atoms with Crippen LogP contribution < -0.4 is 25.0 Å². The van der Waals surface area contributed by atoms with Crippen LogP contribution in [0.25, 0.3) is 0 Å². The van der Waals surface area contributed by atoms with E-state index in [0.29, 0.717) is 34.9 Å². The molecule has 4 rings (SSSR count). The number of ether oxygens (including phenoxy) is 2. The number of hydrogen-bond acceptors (Lipinski definition) is 5. The molecule has 0 spiro atoms. The predicted octanol–water partition coefficient (Wildman–Crippen LogP) is 4.19. The number of anilines is 1. The molecule has 0 fully saturated rings. The van der Waals surface area contributed by atoms with Gasteiger partial charge in [0, 0.05) is 29.9 Å².